The van der Waals surface area contributed by atoms with Crippen molar-refractivity contribution >= 4 is 35.2 Å². The average molecular weight is 365 g/mol. The summed E-state index contributed by atoms with van der Waals surface area (Å²) in [5.41, 5.74) is 0.170. The summed E-state index contributed by atoms with van der Waals surface area (Å²) < 4.78 is 2.58. The minimum atomic E-state index is -0.454. The Kier molecular flexibility index (Phi) is 4.15. The number of benzene rings is 1. The summed E-state index contributed by atoms with van der Waals surface area (Å²) in [5.74, 6) is 0.217. The van der Waals surface area contributed by atoms with Crippen molar-refractivity contribution in [1.29, 1.82) is 0 Å². The molecule has 0 amide bonds. The van der Waals surface area contributed by atoms with Crippen LogP contribution < -0.4 is 5.56 Å². The molecule has 0 unspecified atom stereocenters. The van der Waals surface area contributed by atoms with E-state index in [4.69, 9.17) is 23.2 Å². The highest BCUT2D eigenvalue weighted by molar-refractivity contribution is 6.36. The Balaban J connectivity index is 2.18. The predicted molar refractivity (Wildman–Crippen MR) is 93.2 cm³/mol. The van der Waals surface area contributed by atoms with Crippen LogP contribution in [0.1, 0.15) is 32.0 Å². The second-order valence-electron chi connectivity index (χ2n) is 6.20. The number of hydrogen-bond donors (Lipinski definition) is 0. The van der Waals surface area contributed by atoms with E-state index in [1.54, 1.807) is 18.2 Å². The molecule has 0 aliphatic rings. The number of fused-ring (bicyclic) bond motifs is 1. The number of rotatable bonds is 2. The number of hydrogen-bond acceptors (Lipinski definition) is 5. The highest BCUT2D eigenvalue weighted by atomic mass is 35.5. The summed E-state index contributed by atoms with van der Waals surface area (Å²) in [4.78, 5) is 12.7. The van der Waals surface area contributed by atoms with E-state index in [0.717, 1.165) is 4.68 Å². The minimum Gasteiger partial charge on any atom is -0.265 e. The van der Waals surface area contributed by atoms with Crippen LogP contribution in [-0.2, 0) is 5.41 Å². The van der Waals surface area contributed by atoms with Gasteiger partial charge in [0, 0.05) is 16.0 Å². The van der Waals surface area contributed by atoms with Gasteiger partial charge in [-0.3, -0.25) is 4.79 Å². The van der Waals surface area contributed by atoms with E-state index in [1.807, 2.05) is 20.8 Å². The second kappa shape index (κ2) is 5.99. The van der Waals surface area contributed by atoms with Gasteiger partial charge >= 0.3 is 0 Å². The normalized spacial score (nSPS) is 12.4. The molecule has 0 radical (unpaired) electrons. The van der Waals surface area contributed by atoms with Gasteiger partial charge in [0.15, 0.2) is 0 Å². The van der Waals surface area contributed by atoms with E-state index in [2.05, 4.69) is 20.4 Å². The third-order valence-electron chi connectivity index (χ3n) is 3.29. The molecule has 0 saturated carbocycles. The standard InChI is InChI=1S/C15H14Cl2N6O/c1-15(2,3)12-13(24)23(14-20-18-8-22(14)21-12)19-7-9-4-5-10(16)6-11(9)17/h4-8H,1-3H3. The number of halogens is 2. The van der Waals surface area contributed by atoms with Gasteiger partial charge in [0.2, 0.25) is 0 Å². The van der Waals surface area contributed by atoms with Crippen molar-refractivity contribution in [3.8, 4) is 0 Å². The van der Waals surface area contributed by atoms with Crippen molar-refractivity contribution in [1.82, 2.24) is 24.5 Å². The highest BCUT2D eigenvalue weighted by Crippen LogP contribution is 2.20. The van der Waals surface area contributed by atoms with Crippen molar-refractivity contribution in [3.05, 3.63) is 56.2 Å². The molecular formula is C15H14Cl2N6O. The van der Waals surface area contributed by atoms with Crippen LogP contribution in [0.5, 0.6) is 0 Å². The van der Waals surface area contributed by atoms with Crippen molar-refractivity contribution in [2.24, 2.45) is 5.10 Å². The van der Waals surface area contributed by atoms with Crippen LogP contribution in [-0.4, -0.2) is 30.7 Å². The fraction of sp³-hybridized carbons (Fsp3) is 0.267. The first-order chi connectivity index (χ1) is 11.3. The molecule has 2 heterocycles. The quantitative estimate of drug-likeness (QED) is 0.655. The molecule has 2 aromatic heterocycles. The summed E-state index contributed by atoms with van der Waals surface area (Å²) in [6.45, 7) is 5.70. The zero-order valence-corrected chi connectivity index (χ0v) is 14.7. The molecule has 1 aromatic carbocycles. The highest BCUT2D eigenvalue weighted by Gasteiger charge is 2.23. The minimum absolute atomic E-state index is 0.217. The van der Waals surface area contributed by atoms with Crippen molar-refractivity contribution < 1.29 is 0 Å². The Bertz CT molecular complexity index is 999. The Morgan fingerprint density at radius 1 is 1.25 bits per heavy atom. The number of aromatic nitrogens is 5. The molecule has 124 valence electrons. The van der Waals surface area contributed by atoms with Gasteiger partial charge in [0.25, 0.3) is 11.3 Å². The lowest BCUT2D eigenvalue weighted by atomic mass is 9.93. The van der Waals surface area contributed by atoms with Gasteiger partial charge in [-0.2, -0.15) is 19.4 Å². The third kappa shape index (κ3) is 3.05. The fourth-order valence-electron chi connectivity index (χ4n) is 2.08. The molecule has 9 heteroatoms. The van der Waals surface area contributed by atoms with Gasteiger partial charge in [-0.1, -0.05) is 50.0 Å². The Hall–Kier alpha value is -2.25. The van der Waals surface area contributed by atoms with Crippen molar-refractivity contribution in [3.63, 3.8) is 0 Å². The summed E-state index contributed by atoms with van der Waals surface area (Å²) in [7, 11) is 0. The lowest BCUT2D eigenvalue weighted by Crippen LogP contribution is -2.33. The fourth-order valence-corrected chi connectivity index (χ4v) is 2.53. The monoisotopic (exact) mass is 364 g/mol. The summed E-state index contributed by atoms with van der Waals surface area (Å²) in [5, 5.41) is 17.2. The molecule has 0 bridgehead atoms. The Morgan fingerprint density at radius 3 is 2.67 bits per heavy atom. The second-order valence-corrected chi connectivity index (χ2v) is 7.05. The lowest BCUT2D eigenvalue weighted by Gasteiger charge is -2.16. The van der Waals surface area contributed by atoms with Crippen LogP contribution in [0.4, 0.5) is 0 Å². The van der Waals surface area contributed by atoms with Gasteiger partial charge < -0.3 is 0 Å². The maximum Gasteiger partial charge on any atom is 0.298 e. The first-order valence-corrected chi connectivity index (χ1v) is 7.86. The average Bonchev–Trinajstić information content (AvgIpc) is 2.94. The Labute approximate surface area is 147 Å². The molecule has 0 spiro atoms. The molecular weight excluding hydrogens is 351 g/mol. The van der Waals surface area contributed by atoms with Gasteiger partial charge in [-0.15, -0.1) is 10.2 Å². The van der Waals surface area contributed by atoms with E-state index >= 15 is 0 Å². The van der Waals surface area contributed by atoms with Crippen LogP contribution in [0.3, 0.4) is 0 Å². The van der Waals surface area contributed by atoms with Crippen LogP contribution in [0.25, 0.3) is 5.78 Å². The van der Waals surface area contributed by atoms with E-state index in [1.165, 1.54) is 17.1 Å². The van der Waals surface area contributed by atoms with Crippen LogP contribution >= 0.6 is 23.2 Å². The van der Waals surface area contributed by atoms with E-state index < -0.39 is 5.41 Å². The van der Waals surface area contributed by atoms with Crippen LogP contribution in [0.15, 0.2) is 34.4 Å². The van der Waals surface area contributed by atoms with Crippen molar-refractivity contribution in [2.45, 2.75) is 26.2 Å². The first kappa shape index (κ1) is 16.6. The third-order valence-corrected chi connectivity index (χ3v) is 3.85. The largest absolute Gasteiger partial charge is 0.298 e. The molecule has 0 aliphatic carbocycles. The lowest BCUT2D eigenvalue weighted by molar-refractivity contribution is 0.529. The van der Waals surface area contributed by atoms with E-state index in [9.17, 15) is 4.79 Å². The SMILES string of the molecule is CC(C)(C)c1nn2cnnc2n(N=Cc2ccc(Cl)cc2Cl)c1=O. The van der Waals surface area contributed by atoms with Crippen molar-refractivity contribution in [2.75, 3.05) is 0 Å². The molecule has 0 N–H and O–H groups in total. The van der Waals surface area contributed by atoms with Gasteiger partial charge in [-0.05, 0) is 12.1 Å². The Morgan fingerprint density at radius 2 is 2.00 bits per heavy atom. The van der Waals surface area contributed by atoms with Gasteiger partial charge in [0.05, 0.1) is 11.2 Å². The summed E-state index contributed by atoms with van der Waals surface area (Å²) >= 11 is 12.0. The molecule has 7 nitrogen and oxygen atoms in total. The van der Waals surface area contributed by atoms with E-state index in [-0.39, 0.29) is 11.3 Å². The van der Waals surface area contributed by atoms with Gasteiger partial charge in [0.1, 0.15) is 12.0 Å². The summed E-state index contributed by atoms with van der Waals surface area (Å²) in [6, 6.07) is 5.01. The zero-order valence-electron chi connectivity index (χ0n) is 13.2. The number of nitrogens with zero attached hydrogens (tertiary/aromatic N) is 6. The zero-order chi connectivity index (χ0) is 17.5. The summed E-state index contributed by atoms with van der Waals surface area (Å²) in [6.07, 6.45) is 2.90. The van der Waals surface area contributed by atoms with Crippen LogP contribution in [0.2, 0.25) is 10.0 Å². The molecule has 24 heavy (non-hydrogen) atoms. The predicted octanol–water partition coefficient (Wildman–Crippen LogP) is 2.77. The maximum atomic E-state index is 12.7. The molecule has 0 atom stereocenters. The topological polar surface area (TPSA) is 77.4 Å². The molecule has 0 fully saturated rings. The molecule has 3 rings (SSSR count). The maximum absolute atomic E-state index is 12.7. The molecule has 0 saturated heterocycles. The van der Waals surface area contributed by atoms with Crippen LogP contribution in [0, 0.1) is 0 Å². The molecule has 3 aromatic rings. The van der Waals surface area contributed by atoms with E-state index in [0.29, 0.717) is 21.3 Å². The van der Waals surface area contributed by atoms with Gasteiger partial charge in [-0.25, -0.2) is 0 Å². The first-order valence-electron chi connectivity index (χ1n) is 7.10. The molecule has 0 aliphatic heterocycles. The smallest absolute Gasteiger partial charge is 0.265 e.